The van der Waals surface area contributed by atoms with Gasteiger partial charge < -0.3 is 10.6 Å². The fourth-order valence-corrected chi connectivity index (χ4v) is 1.68. The first-order valence-electron chi connectivity index (χ1n) is 5.49. The number of benzene rings is 1. The van der Waals surface area contributed by atoms with Crippen LogP contribution in [0, 0.1) is 0 Å². The summed E-state index contributed by atoms with van der Waals surface area (Å²) in [5.74, 6) is 0. The summed E-state index contributed by atoms with van der Waals surface area (Å²) < 4.78 is 1.02. The molecule has 1 aromatic rings. The molecule has 1 aromatic carbocycles. The van der Waals surface area contributed by atoms with Gasteiger partial charge in [0.15, 0.2) is 0 Å². The maximum absolute atomic E-state index is 11.4. The third kappa shape index (κ3) is 4.66. The van der Waals surface area contributed by atoms with Gasteiger partial charge in [-0.2, -0.15) is 0 Å². The molecule has 0 fully saturated rings. The number of amides is 2. The Morgan fingerprint density at radius 2 is 2.06 bits per heavy atom. The topological polar surface area (TPSA) is 41.1 Å². The lowest BCUT2D eigenvalue weighted by atomic mass is 10.2. The second-order valence-electron chi connectivity index (χ2n) is 3.55. The highest BCUT2D eigenvalue weighted by molar-refractivity contribution is 9.10. The maximum atomic E-state index is 11.4. The fourth-order valence-electron chi connectivity index (χ4n) is 1.26. The lowest BCUT2D eigenvalue weighted by Crippen LogP contribution is -2.35. The van der Waals surface area contributed by atoms with Crippen molar-refractivity contribution < 1.29 is 4.79 Å². The molecule has 16 heavy (non-hydrogen) atoms. The van der Waals surface area contributed by atoms with Crippen LogP contribution in [0.1, 0.15) is 25.3 Å². The van der Waals surface area contributed by atoms with E-state index < -0.39 is 0 Å². The summed E-state index contributed by atoms with van der Waals surface area (Å²) in [6.45, 7) is 3.37. The van der Waals surface area contributed by atoms with Crippen LogP contribution in [0.5, 0.6) is 0 Å². The maximum Gasteiger partial charge on any atom is 0.315 e. The molecule has 0 aliphatic carbocycles. The summed E-state index contributed by atoms with van der Waals surface area (Å²) in [5, 5.41) is 5.63. The number of halogens is 1. The zero-order valence-electron chi connectivity index (χ0n) is 9.42. The van der Waals surface area contributed by atoms with Gasteiger partial charge in [0.05, 0.1) is 0 Å². The predicted octanol–water partition coefficient (Wildman–Crippen LogP) is 3.05. The molecule has 0 spiro atoms. The average Bonchev–Trinajstić information content (AvgIpc) is 2.28. The molecule has 2 N–H and O–H groups in total. The molecule has 2 amide bonds. The minimum Gasteiger partial charge on any atom is -0.338 e. The molecule has 1 rings (SSSR count). The highest BCUT2D eigenvalue weighted by Crippen LogP contribution is 2.15. The largest absolute Gasteiger partial charge is 0.338 e. The number of unbranched alkanes of at least 4 members (excludes halogenated alkanes) is 1. The number of nitrogens with one attached hydrogen (secondary N) is 2. The first kappa shape index (κ1) is 13.0. The lowest BCUT2D eigenvalue weighted by molar-refractivity contribution is 0.240. The second-order valence-corrected chi connectivity index (χ2v) is 4.41. The molecule has 3 nitrogen and oxygen atoms in total. The molecule has 0 bridgehead atoms. The quantitative estimate of drug-likeness (QED) is 0.802. The summed E-state index contributed by atoms with van der Waals surface area (Å²) in [6.07, 6.45) is 2.10. The smallest absolute Gasteiger partial charge is 0.315 e. The van der Waals surface area contributed by atoms with Gasteiger partial charge in [-0.3, -0.25) is 0 Å². The van der Waals surface area contributed by atoms with Crippen molar-refractivity contribution in [3.63, 3.8) is 0 Å². The van der Waals surface area contributed by atoms with Crippen molar-refractivity contribution in [3.8, 4) is 0 Å². The predicted molar refractivity (Wildman–Crippen MR) is 69.3 cm³/mol. The van der Waals surface area contributed by atoms with Crippen LogP contribution in [0.4, 0.5) is 4.79 Å². The van der Waals surface area contributed by atoms with Gasteiger partial charge in [-0.15, -0.1) is 0 Å². The molecule has 0 aromatic heterocycles. The van der Waals surface area contributed by atoms with E-state index in [-0.39, 0.29) is 6.03 Å². The molecule has 0 radical (unpaired) electrons. The van der Waals surface area contributed by atoms with Crippen LogP contribution in [-0.4, -0.2) is 12.6 Å². The average molecular weight is 285 g/mol. The number of hydrogen-bond acceptors (Lipinski definition) is 1. The standard InChI is InChI=1S/C12H17BrN2O/c1-2-3-8-14-12(16)15-9-10-6-4-5-7-11(10)13/h4-7H,2-3,8-9H2,1H3,(H2,14,15,16). The van der Waals surface area contributed by atoms with Crippen LogP contribution in [0.15, 0.2) is 28.7 Å². The monoisotopic (exact) mass is 284 g/mol. The summed E-state index contributed by atoms with van der Waals surface area (Å²) in [6, 6.07) is 7.75. The Morgan fingerprint density at radius 1 is 1.31 bits per heavy atom. The Bertz CT molecular complexity index is 342. The van der Waals surface area contributed by atoms with Crippen molar-refractivity contribution in [1.29, 1.82) is 0 Å². The molecule has 0 heterocycles. The van der Waals surface area contributed by atoms with E-state index in [0.717, 1.165) is 29.4 Å². The van der Waals surface area contributed by atoms with Crippen LogP contribution < -0.4 is 10.6 Å². The van der Waals surface area contributed by atoms with Crippen LogP contribution in [0.2, 0.25) is 0 Å². The van der Waals surface area contributed by atoms with E-state index in [2.05, 4.69) is 33.5 Å². The fraction of sp³-hybridized carbons (Fsp3) is 0.417. The van der Waals surface area contributed by atoms with E-state index in [0.29, 0.717) is 6.54 Å². The van der Waals surface area contributed by atoms with Gasteiger partial charge >= 0.3 is 6.03 Å². The lowest BCUT2D eigenvalue weighted by Gasteiger charge is -2.08. The van der Waals surface area contributed by atoms with Crippen LogP contribution in [0.25, 0.3) is 0 Å². The highest BCUT2D eigenvalue weighted by atomic mass is 79.9. The summed E-state index contributed by atoms with van der Waals surface area (Å²) in [7, 11) is 0. The van der Waals surface area contributed by atoms with E-state index in [9.17, 15) is 4.79 Å². The number of carbonyl (C=O) groups excluding carboxylic acids is 1. The van der Waals surface area contributed by atoms with E-state index >= 15 is 0 Å². The first-order chi connectivity index (χ1) is 7.74. The molecule has 88 valence electrons. The summed E-state index contributed by atoms with van der Waals surface area (Å²) in [5.41, 5.74) is 1.08. The van der Waals surface area contributed by atoms with Crippen LogP contribution in [0.3, 0.4) is 0 Å². The molecule has 0 atom stereocenters. The summed E-state index contributed by atoms with van der Waals surface area (Å²) in [4.78, 5) is 11.4. The third-order valence-electron chi connectivity index (χ3n) is 2.21. The SMILES string of the molecule is CCCCNC(=O)NCc1ccccc1Br. The first-order valence-corrected chi connectivity index (χ1v) is 6.28. The second kappa shape index (κ2) is 7.28. The van der Waals surface area contributed by atoms with Gasteiger partial charge in [0.2, 0.25) is 0 Å². The van der Waals surface area contributed by atoms with Crippen molar-refractivity contribution in [1.82, 2.24) is 10.6 Å². The van der Waals surface area contributed by atoms with Crippen molar-refractivity contribution in [2.75, 3.05) is 6.54 Å². The van der Waals surface area contributed by atoms with E-state index in [1.807, 2.05) is 24.3 Å². The Labute approximate surface area is 105 Å². The number of hydrogen-bond donors (Lipinski definition) is 2. The molecule has 0 aliphatic heterocycles. The Balaban J connectivity index is 2.29. The zero-order chi connectivity index (χ0) is 11.8. The van der Waals surface area contributed by atoms with Gasteiger partial charge in [0.25, 0.3) is 0 Å². The van der Waals surface area contributed by atoms with E-state index in [4.69, 9.17) is 0 Å². The van der Waals surface area contributed by atoms with Crippen molar-refractivity contribution in [2.45, 2.75) is 26.3 Å². The molecule has 0 unspecified atom stereocenters. The number of rotatable bonds is 5. The molecule has 0 saturated heterocycles. The molecule has 0 saturated carbocycles. The highest BCUT2D eigenvalue weighted by Gasteiger charge is 2.01. The third-order valence-corrected chi connectivity index (χ3v) is 2.99. The Kier molecular flexibility index (Phi) is 5.93. The van der Waals surface area contributed by atoms with Crippen LogP contribution in [-0.2, 0) is 6.54 Å². The normalized spacial score (nSPS) is 9.88. The Hall–Kier alpha value is -1.03. The van der Waals surface area contributed by atoms with Gasteiger partial charge in [0, 0.05) is 17.6 Å². The molecule has 4 heteroatoms. The molecular formula is C12H17BrN2O. The van der Waals surface area contributed by atoms with Gasteiger partial charge in [-0.1, -0.05) is 47.5 Å². The van der Waals surface area contributed by atoms with Gasteiger partial charge in [-0.25, -0.2) is 4.79 Å². The minimum absolute atomic E-state index is 0.107. The van der Waals surface area contributed by atoms with E-state index in [1.165, 1.54) is 0 Å². The van der Waals surface area contributed by atoms with Gasteiger partial charge in [-0.05, 0) is 18.1 Å². The van der Waals surface area contributed by atoms with Crippen molar-refractivity contribution >= 4 is 22.0 Å². The van der Waals surface area contributed by atoms with Gasteiger partial charge in [0.1, 0.15) is 0 Å². The minimum atomic E-state index is -0.107. The Morgan fingerprint density at radius 3 is 2.75 bits per heavy atom. The number of urea groups is 1. The van der Waals surface area contributed by atoms with Crippen LogP contribution >= 0.6 is 15.9 Å². The van der Waals surface area contributed by atoms with E-state index in [1.54, 1.807) is 0 Å². The molecule has 0 aliphatic rings. The number of carbonyl (C=O) groups is 1. The summed E-state index contributed by atoms with van der Waals surface area (Å²) >= 11 is 3.44. The molecular weight excluding hydrogens is 268 g/mol. The zero-order valence-corrected chi connectivity index (χ0v) is 11.0. The van der Waals surface area contributed by atoms with Crippen molar-refractivity contribution in [3.05, 3.63) is 34.3 Å². The van der Waals surface area contributed by atoms with Crippen molar-refractivity contribution in [2.24, 2.45) is 0 Å².